The minimum Gasteiger partial charge on any atom is -0.347 e. The number of nitrogens with zero attached hydrogens (tertiary/aromatic N) is 5. The van der Waals surface area contributed by atoms with E-state index in [0.717, 1.165) is 9.60 Å². The molecular weight excluding hydrogens is 330 g/mol. The van der Waals surface area contributed by atoms with Crippen LogP contribution in [0.4, 0.5) is 0 Å². The Balaban J connectivity index is 0.000000621. The van der Waals surface area contributed by atoms with Gasteiger partial charge in [0.1, 0.15) is 0 Å². The first-order valence-corrected chi connectivity index (χ1v) is 8.42. The second-order valence-electron chi connectivity index (χ2n) is 3.44. The fourth-order valence-corrected chi connectivity index (χ4v) is 3.23. The standard InChI is InChI=1S/C8H15N5S2.ClHO4/c1-9-6(12(3)4)11-8-13(5)7(10-2)14-15-8;2-1(3,4)5/h1-5H3;(H,2,3,4,5). The number of hydrogen-bond acceptors (Lipinski definition) is 8. The number of aliphatic imine (C=N–C) groups is 1. The highest BCUT2D eigenvalue weighted by Crippen LogP contribution is 1.92. The number of aromatic nitrogens is 1. The van der Waals surface area contributed by atoms with E-state index in [2.05, 4.69) is 15.0 Å². The average Bonchev–Trinajstić information content (AvgIpc) is 2.64. The summed E-state index contributed by atoms with van der Waals surface area (Å²) in [5.74, 6) is 0.710. The van der Waals surface area contributed by atoms with Crippen LogP contribution in [0.1, 0.15) is 0 Å². The molecule has 0 aliphatic rings. The average molecular weight is 346 g/mol. The summed E-state index contributed by atoms with van der Waals surface area (Å²) < 4.78 is 34.7. The summed E-state index contributed by atoms with van der Waals surface area (Å²) in [6, 6.07) is 0. The van der Waals surface area contributed by atoms with Crippen molar-refractivity contribution in [3.05, 3.63) is 9.60 Å². The summed E-state index contributed by atoms with van der Waals surface area (Å²) in [5, 5.41) is 0. The van der Waals surface area contributed by atoms with Crippen LogP contribution < -0.4 is 23.6 Å². The third-order valence-corrected chi connectivity index (χ3v) is 4.10. The molecule has 1 rings (SSSR count). The molecule has 1 aromatic heterocycles. The van der Waals surface area contributed by atoms with Gasteiger partial charge in [0, 0.05) is 35.2 Å². The minimum atomic E-state index is -4.69. The van der Waals surface area contributed by atoms with E-state index in [1.807, 2.05) is 30.6 Å². The number of halogens is 1. The summed E-state index contributed by atoms with van der Waals surface area (Å²) in [7, 11) is 7.84. The molecule has 0 aromatic carbocycles. The second kappa shape index (κ2) is 8.46. The summed E-state index contributed by atoms with van der Waals surface area (Å²) in [5.41, 5.74) is 0. The van der Waals surface area contributed by atoms with E-state index in [4.69, 9.17) is 18.6 Å². The van der Waals surface area contributed by atoms with Crippen LogP contribution in [-0.2, 0) is 7.05 Å². The first-order valence-electron chi connectivity index (χ1n) is 5.01. The lowest BCUT2D eigenvalue weighted by Crippen LogP contribution is -2.58. The van der Waals surface area contributed by atoms with E-state index >= 15 is 0 Å². The molecule has 0 amide bonds. The second-order valence-corrected chi connectivity index (χ2v) is 6.30. The van der Waals surface area contributed by atoms with Crippen molar-refractivity contribution in [1.29, 1.82) is 0 Å². The SMILES string of the molecule is CN=C(N=c1ssc(=NC)n1C)N(C)C.[O-][Cl+3]([O-])([O-])O. The van der Waals surface area contributed by atoms with E-state index in [9.17, 15) is 0 Å². The Morgan fingerprint density at radius 1 is 1.20 bits per heavy atom. The van der Waals surface area contributed by atoms with Crippen molar-refractivity contribution in [2.45, 2.75) is 0 Å². The maximum Gasteiger partial charge on any atom is 0.222 e. The Morgan fingerprint density at radius 2 is 1.65 bits per heavy atom. The van der Waals surface area contributed by atoms with Crippen LogP contribution in [0.3, 0.4) is 0 Å². The van der Waals surface area contributed by atoms with Gasteiger partial charge in [-0.1, -0.05) is 0 Å². The smallest absolute Gasteiger partial charge is 0.222 e. The zero-order valence-electron chi connectivity index (χ0n) is 11.6. The van der Waals surface area contributed by atoms with Crippen LogP contribution >= 0.6 is 20.7 Å². The maximum atomic E-state index is 8.60. The molecule has 0 saturated heterocycles. The molecule has 1 N–H and O–H groups in total. The molecule has 9 nitrogen and oxygen atoms in total. The highest BCUT2D eigenvalue weighted by atomic mass is 35.7. The van der Waals surface area contributed by atoms with Crippen molar-refractivity contribution in [2.24, 2.45) is 22.0 Å². The normalized spacial score (nSPS) is 14.2. The van der Waals surface area contributed by atoms with Crippen LogP contribution in [0.15, 0.2) is 15.0 Å². The van der Waals surface area contributed by atoms with E-state index in [0.29, 0.717) is 5.96 Å². The van der Waals surface area contributed by atoms with Crippen LogP contribution in [0, 0.1) is 10.2 Å². The van der Waals surface area contributed by atoms with E-state index in [1.165, 1.54) is 0 Å². The van der Waals surface area contributed by atoms with Crippen LogP contribution in [-0.4, -0.2) is 48.3 Å². The fourth-order valence-electron chi connectivity index (χ4n) is 0.985. The summed E-state index contributed by atoms with van der Waals surface area (Å²) in [6.07, 6.45) is 0. The number of hydrogen-bond donors (Lipinski definition) is 1. The van der Waals surface area contributed by atoms with Gasteiger partial charge >= 0.3 is 0 Å². The van der Waals surface area contributed by atoms with Gasteiger partial charge in [0.2, 0.25) is 10.8 Å². The van der Waals surface area contributed by atoms with Gasteiger partial charge in [-0.25, -0.2) is 0 Å². The third kappa shape index (κ3) is 7.69. The van der Waals surface area contributed by atoms with Crippen molar-refractivity contribution in [3.8, 4) is 0 Å². The van der Waals surface area contributed by atoms with Crippen molar-refractivity contribution < 1.29 is 28.9 Å². The van der Waals surface area contributed by atoms with Crippen molar-refractivity contribution in [3.63, 3.8) is 0 Å². The Hall–Kier alpha value is -0.820. The Bertz CT molecular complexity index is 562. The predicted octanol–water partition coefficient (Wildman–Crippen LogP) is -4.00. The first-order chi connectivity index (χ1) is 9.10. The highest BCUT2D eigenvalue weighted by molar-refractivity contribution is 7.67. The van der Waals surface area contributed by atoms with Gasteiger partial charge in [-0.2, -0.15) is 19.0 Å². The van der Waals surface area contributed by atoms with Crippen molar-refractivity contribution >= 4 is 26.6 Å². The van der Waals surface area contributed by atoms with Gasteiger partial charge < -0.3 is 4.90 Å². The first kappa shape index (κ1) is 19.2. The lowest BCUT2D eigenvalue weighted by Gasteiger charge is -2.08. The molecule has 0 fully saturated rings. The molecule has 0 unspecified atom stereocenters. The zero-order chi connectivity index (χ0) is 15.9. The van der Waals surface area contributed by atoms with Gasteiger partial charge in [0.25, 0.3) is 0 Å². The van der Waals surface area contributed by atoms with E-state index < -0.39 is 10.2 Å². The molecule has 12 heteroatoms. The number of guanidine groups is 1. The molecule has 0 radical (unpaired) electrons. The Labute approximate surface area is 125 Å². The Kier molecular flexibility index (Phi) is 8.12. The summed E-state index contributed by atoms with van der Waals surface area (Å²) >= 11 is 0. The van der Waals surface area contributed by atoms with E-state index in [1.54, 1.807) is 34.8 Å². The largest absolute Gasteiger partial charge is 0.347 e. The highest BCUT2D eigenvalue weighted by Gasteiger charge is 2.00. The molecule has 0 saturated carbocycles. The Morgan fingerprint density at radius 3 is 1.95 bits per heavy atom. The molecule has 0 aliphatic heterocycles. The quantitative estimate of drug-likeness (QED) is 0.290. The van der Waals surface area contributed by atoms with Crippen molar-refractivity contribution in [1.82, 2.24) is 9.47 Å². The van der Waals surface area contributed by atoms with Crippen LogP contribution in [0.2, 0.25) is 0 Å². The van der Waals surface area contributed by atoms with Crippen LogP contribution in [0.5, 0.6) is 0 Å². The van der Waals surface area contributed by atoms with Crippen LogP contribution in [0.25, 0.3) is 0 Å². The molecule has 1 heterocycles. The summed E-state index contributed by atoms with van der Waals surface area (Å²) in [6.45, 7) is 0. The molecular formula is C8H16ClN5O4S2. The lowest BCUT2D eigenvalue weighted by atomic mass is 10.8. The molecule has 20 heavy (non-hydrogen) atoms. The monoisotopic (exact) mass is 345 g/mol. The molecule has 0 spiro atoms. The minimum absolute atomic E-state index is 0.710. The van der Waals surface area contributed by atoms with Crippen molar-refractivity contribution in [2.75, 3.05) is 28.2 Å². The topological polar surface area (TPSA) is 135 Å². The maximum absolute atomic E-state index is 8.60. The van der Waals surface area contributed by atoms with Gasteiger partial charge in [0.15, 0.2) is 4.80 Å². The predicted molar refractivity (Wildman–Crippen MR) is 67.5 cm³/mol. The van der Waals surface area contributed by atoms with E-state index in [-0.39, 0.29) is 0 Å². The van der Waals surface area contributed by atoms with Gasteiger partial charge in [0.05, 0.1) is 14.9 Å². The van der Waals surface area contributed by atoms with Gasteiger partial charge in [-0.05, 0) is 20.7 Å². The molecule has 1 aromatic rings. The third-order valence-electron chi connectivity index (χ3n) is 1.75. The summed E-state index contributed by atoms with van der Waals surface area (Å²) in [4.78, 5) is 16.5. The number of rotatable bonds is 0. The van der Waals surface area contributed by atoms with Gasteiger partial charge in [-0.3, -0.25) is 14.6 Å². The molecule has 116 valence electrons. The zero-order valence-corrected chi connectivity index (χ0v) is 14.0. The molecule has 0 bridgehead atoms. The van der Waals surface area contributed by atoms with Gasteiger partial charge in [-0.15, -0.1) is 0 Å². The lowest BCUT2D eigenvalue weighted by molar-refractivity contribution is -1.92. The molecule has 0 aliphatic carbocycles. The molecule has 0 atom stereocenters. The fraction of sp³-hybridized carbons (Fsp3) is 0.625.